The molecule has 1 N–H and O–H groups in total. The summed E-state index contributed by atoms with van der Waals surface area (Å²) in [5, 5.41) is 14.0. The number of carbonyl (C=O) groups is 2. The van der Waals surface area contributed by atoms with Crippen molar-refractivity contribution < 1.29 is 19.1 Å². The number of benzene rings is 1. The van der Waals surface area contributed by atoms with Gasteiger partial charge in [-0.1, -0.05) is 30.3 Å². The molecule has 1 aliphatic carbocycles. The molecule has 24 heavy (non-hydrogen) atoms. The van der Waals surface area contributed by atoms with E-state index in [1.807, 2.05) is 30.3 Å². The normalized spacial score (nSPS) is 14.7. The van der Waals surface area contributed by atoms with Gasteiger partial charge >= 0.3 is 0 Å². The Bertz CT molecular complexity index is 748. The summed E-state index contributed by atoms with van der Waals surface area (Å²) in [6.07, 6.45) is 3.88. The molecule has 1 amide bonds. The Kier molecular flexibility index (Phi) is 4.69. The quantitative estimate of drug-likeness (QED) is 0.904. The van der Waals surface area contributed by atoms with Crippen LogP contribution in [0.4, 0.5) is 0 Å². The highest BCUT2D eigenvalue weighted by molar-refractivity contribution is 5.99. The van der Waals surface area contributed by atoms with Crippen LogP contribution in [0.3, 0.4) is 0 Å². The van der Waals surface area contributed by atoms with Gasteiger partial charge in [-0.25, -0.2) is 0 Å². The van der Waals surface area contributed by atoms with Crippen LogP contribution < -0.4 is 10.4 Å². The first kappa shape index (κ1) is 16.3. The van der Waals surface area contributed by atoms with Crippen LogP contribution >= 0.6 is 0 Å². The minimum Gasteiger partial charge on any atom is -0.548 e. The first-order valence-electron chi connectivity index (χ1n) is 8.23. The lowest BCUT2D eigenvalue weighted by Gasteiger charge is -2.20. The molecule has 1 aromatic carbocycles. The highest BCUT2D eigenvalue weighted by atomic mass is 16.4. The van der Waals surface area contributed by atoms with Crippen LogP contribution in [-0.4, -0.2) is 17.9 Å². The van der Waals surface area contributed by atoms with Crippen LogP contribution in [0.5, 0.6) is 0 Å². The van der Waals surface area contributed by atoms with Crippen LogP contribution in [0.15, 0.2) is 34.7 Å². The van der Waals surface area contributed by atoms with Gasteiger partial charge in [0.1, 0.15) is 11.5 Å². The minimum atomic E-state index is -1.29. The number of aliphatic carboxylic acids is 1. The molecule has 0 saturated heterocycles. The molecular weight excluding hydrogens is 306 g/mol. The SMILES string of the molecule is Cc1oc2c(c1C(=O)N[C@@H](Cc1ccccc1)C(=O)[O-])CCCC2. The molecule has 1 aromatic heterocycles. The van der Waals surface area contributed by atoms with E-state index in [0.29, 0.717) is 11.3 Å². The van der Waals surface area contributed by atoms with Gasteiger partial charge in [-0.3, -0.25) is 4.79 Å². The summed E-state index contributed by atoms with van der Waals surface area (Å²) in [6, 6.07) is 8.10. The molecule has 126 valence electrons. The number of hydrogen-bond acceptors (Lipinski definition) is 4. The van der Waals surface area contributed by atoms with E-state index < -0.39 is 17.9 Å². The van der Waals surface area contributed by atoms with Crippen LogP contribution in [-0.2, 0) is 24.1 Å². The van der Waals surface area contributed by atoms with E-state index >= 15 is 0 Å². The van der Waals surface area contributed by atoms with E-state index in [-0.39, 0.29) is 6.42 Å². The van der Waals surface area contributed by atoms with Gasteiger partial charge in [0.25, 0.3) is 5.91 Å². The summed E-state index contributed by atoms with van der Waals surface area (Å²) in [6.45, 7) is 1.75. The van der Waals surface area contributed by atoms with E-state index in [1.54, 1.807) is 6.92 Å². The number of carboxylic acid groups (broad SMARTS) is 1. The van der Waals surface area contributed by atoms with Crippen molar-refractivity contribution in [3.63, 3.8) is 0 Å². The van der Waals surface area contributed by atoms with Gasteiger partial charge in [0.2, 0.25) is 0 Å². The Labute approximate surface area is 140 Å². The number of furan rings is 1. The molecule has 3 rings (SSSR count). The monoisotopic (exact) mass is 326 g/mol. The summed E-state index contributed by atoms with van der Waals surface area (Å²) in [5.41, 5.74) is 2.25. The minimum absolute atomic E-state index is 0.188. The van der Waals surface area contributed by atoms with Gasteiger partial charge < -0.3 is 19.6 Å². The Morgan fingerprint density at radius 1 is 1.21 bits per heavy atom. The molecule has 0 fully saturated rings. The number of hydrogen-bond donors (Lipinski definition) is 1. The van der Waals surface area contributed by atoms with Gasteiger partial charge in [-0.05, 0) is 38.2 Å². The molecule has 5 nitrogen and oxygen atoms in total. The lowest BCUT2D eigenvalue weighted by Crippen LogP contribution is -2.49. The van der Waals surface area contributed by atoms with Gasteiger partial charge in [-0.15, -0.1) is 0 Å². The zero-order valence-electron chi connectivity index (χ0n) is 13.6. The summed E-state index contributed by atoms with van der Waals surface area (Å²) in [4.78, 5) is 24.1. The second kappa shape index (κ2) is 6.91. The first-order valence-corrected chi connectivity index (χ1v) is 8.23. The van der Waals surface area contributed by atoms with Crippen molar-refractivity contribution >= 4 is 11.9 Å². The van der Waals surface area contributed by atoms with Gasteiger partial charge in [0.15, 0.2) is 0 Å². The highest BCUT2D eigenvalue weighted by Crippen LogP contribution is 2.29. The van der Waals surface area contributed by atoms with E-state index in [0.717, 1.165) is 42.6 Å². The predicted octanol–water partition coefficient (Wildman–Crippen LogP) is 1.56. The Balaban J connectivity index is 1.79. The molecule has 0 spiro atoms. The zero-order chi connectivity index (χ0) is 17.1. The first-order chi connectivity index (χ1) is 11.6. The summed E-state index contributed by atoms with van der Waals surface area (Å²) < 4.78 is 5.69. The van der Waals surface area contributed by atoms with E-state index in [9.17, 15) is 14.7 Å². The molecule has 0 radical (unpaired) electrons. The maximum Gasteiger partial charge on any atom is 0.255 e. The number of aryl methyl sites for hydroxylation is 2. The van der Waals surface area contributed by atoms with E-state index in [1.165, 1.54) is 0 Å². The number of nitrogens with one attached hydrogen (secondary N) is 1. The molecule has 1 atom stereocenters. The zero-order valence-corrected chi connectivity index (χ0v) is 13.6. The molecule has 0 aliphatic heterocycles. The third-order valence-electron chi connectivity index (χ3n) is 4.45. The number of amides is 1. The van der Waals surface area contributed by atoms with Crippen molar-refractivity contribution in [2.45, 2.75) is 45.1 Å². The van der Waals surface area contributed by atoms with Gasteiger partial charge in [-0.2, -0.15) is 0 Å². The van der Waals surface area contributed by atoms with Crippen molar-refractivity contribution in [2.24, 2.45) is 0 Å². The summed E-state index contributed by atoms with van der Waals surface area (Å²) in [7, 11) is 0. The van der Waals surface area contributed by atoms with Crippen molar-refractivity contribution in [3.05, 3.63) is 58.5 Å². The number of rotatable bonds is 5. The Morgan fingerprint density at radius 3 is 2.62 bits per heavy atom. The smallest absolute Gasteiger partial charge is 0.255 e. The summed E-state index contributed by atoms with van der Waals surface area (Å²) in [5.74, 6) is -0.278. The van der Waals surface area contributed by atoms with Crippen molar-refractivity contribution in [3.8, 4) is 0 Å². The molecular formula is C19H20NO4-. The van der Waals surface area contributed by atoms with Crippen LogP contribution in [0.25, 0.3) is 0 Å². The second-order valence-corrected chi connectivity index (χ2v) is 6.18. The third kappa shape index (κ3) is 3.35. The second-order valence-electron chi connectivity index (χ2n) is 6.18. The Hall–Kier alpha value is -2.56. The maximum atomic E-state index is 12.6. The highest BCUT2D eigenvalue weighted by Gasteiger charge is 2.26. The molecule has 5 heteroatoms. The molecule has 0 bridgehead atoms. The number of carboxylic acids is 1. The standard InChI is InChI=1S/C19H21NO4/c1-12-17(14-9-5-6-10-16(14)24-12)18(21)20-15(19(22)23)11-13-7-3-2-4-8-13/h2-4,7-8,15H,5-6,9-11H2,1H3,(H,20,21)(H,22,23)/p-1/t15-/m0/s1. The van der Waals surface area contributed by atoms with Crippen LogP contribution in [0.1, 0.15) is 45.8 Å². The predicted molar refractivity (Wildman–Crippen MR) is 86.5 cm³/mol. The average Bonchev–Trinajstić information content (AvgIpc) is 2.90. The number of fused-ring (bicyclic) bond motifs is 1. The van der Waals surface area contributed by atoms with E-state index in [2.05, 4.69) is 5.32 Å². The fourth-order valence-electron chi connectivity index (χ4n) is 3.27. The fourth-order valence-corrected chi connectivity index (χ4v) is 3.27. The molecule has 1 heterocycles. The summed E-state index contributed by atoms with van der Waals surface area (Å²) >= 11 is 0. The largest absolute Gasteiger partial charge is 0.548 e. The Morgan fingerprint density at radius 2 is 1.92 bits per heavy atom. The van der Waals surface area contributed by atoms with Gasteiger partial charge in [0, 0.05) is 12.0 Å². The topological polar surface area (TPSA) is 82.4 Å². The maximum absolute atomic E-state index is 12.6. The molecule has 0 saturated carbocycles. The van der Waals surface area contributed by atoms with Crippen molar-refractivity contribution in [2.75, 3.05) is 0 Å². The van der Waals surface area contributed by atoms with E-state index in [4.69, 9.17) is 4.42 Å². The number of carbonyl (C=O) groups excluding carboxylic acids is 2. The molecule has 2 aromatic rings. The average molecular weight is 326 g/mol. The van der Waals surface area contributed by atoms with Gasteiger partial charge in [0.05, 0.1) is 17.6 Å². The van der Waals surface area contributed by atoms with Crippen LogP contribution in [0.2, 0.25) is 0 Å². The lowest BCUT2D eigenvalue weighted by atomic mass is 9.94. The van der Waals surface area contributed by atoms with Crippen molar-refractivity contribution in [1.82, 2.24) is 5.32 Å². The van der Waals surface area contributed by atoms with Crippen molar-refractivity contribution in [1.29, 1.82) is 0 Å². The fraction of sp³-hybridized carbons (Fsp3) is 0.368. The third-order valence-corrected chi connectivity index (χ3v) is 4.45. The van der Waals surface area contributed by atoms with Crippen LogP contribution in [0, 0.1) is 6.92 Å². The molecule has 0 unspecified atom stereocenters. The lowest BCUT2D eigenvalue weighted by molar-refractivity contribution is -0.308. The molecule has 1 aliphatic rings.